The molecule has 3 heteroatoms. The van der Waals surface area contributed by atoms with Crippen LogP contribution in [0.5, 0.6) is 0 Å². The fourth-order valence-electron chi connectivity index (χ4n) is 3.37. The van der Waals surface area contributed by atoms with Crippen LogP contribution in [-0.4, -0.2) is 24.5 Å². The Balaban J connectivity index is 1.99. The van der Waals surface area contributed by atoms with E-state index in [9.17, 15) is 0 Å². The van der Waals surface area contributed by atoms with Crippen molar-refractivity contribution in [2.24, 2.45) is 11.7 Å². The number of nitrogens with two attached hydrogens (primary N) is 1. The Kier molecular flexibility index (Phi) is 4.13. The summed E-state index contributed by atoms with van der Waals surface area (Å²) in [5.41, 5.74) is 9.72. The van der Waals surface area contributed by atoms with Gasteiger partial charge in [0.05, 0.1) is 0 Å². The molecule has 2 aromatic rings. The quantitative estimate of drug-likeness (QED) is 0.885. The van der Waals surface area contributed by atoms with E-state index in [1.807, 2.05) is 0 Å². The zero-order chi connectivity index (χ0) is 14.8. The minimum Gasteiger partial charge on any atom is -0.383 e. The average Bonchev–Trinajstić information content (AvgIpc) is 2.46. The largest absolute Gasteiger partial charge is 0.383 e. The van der Waals surface area contributed by atoms with Crippen molar-refractivity contribution in [1.29, 1.82) is 0 Å². The standard InChI is InChI=1S/C18H25N3/c1-13(2)10-21-11-14-4-3-5-16-17(20-9-8-19)7-6-15(12-21)18(14)16/h3-7,13,20H,8-12,19H2,1-2H3. The maximum absolute atomic E-state index is 5.61. The summed E-state index contributed by atoms with van der Waals surface area (Å²) < 4.78 is 0. The molecule has 0 amide bonds. The van der Waals surface area contributed by atoms with Crippen molar-refractivity contribution < 1.29 is 0 Å². The van der Waals surface area contributed by atoms with Gasteiger partial charge in [0.1, 0.15) is 0 Å². The molecule has 0 aromatic heterocycles. The van der Waals surface area contributed by atoms with Gasteiger partial charge in [0.25, 0.3) is 0 Å². The number of hydrogen-bond donors (Lipinski definition) is 2. The first-order valence-corrected chi connectivity index (χ1v) is 7.89. The molecule has 1 aliphatic heterocycles. The number of benzene rings is 2. The van der Waals surface area contributed by atoms with Crippen LogP contribution in [-0.2, 0) is 13.1 Å². The van der Waals surface area contributed by atoms with Gasteiger partial charge in [0, 0.05) is 43.8 Å². The molecule has 0 fully saturated rings. The lowest BCUT2D eigenvalue weighted by atomic mass is 9.93. The predicted molar refractivity (Wildman–Crippen MR) is 90.4 cm³/mol. The van der Waals surface area contributed by atoms with E-state index in [0.717, 1.165) is 26.2 Å². The van der Waals surface area contributed by atoms with E-state index >= 15 is 0 Å². The molecule has 0 saturated heterocycles. The smallest absolute Gasteiger partial charge is 0.0420 e. The highest BCUT2D eigenvalue weighted by Gasteiger charge is 2.20. The van der Waals surface area contributed by atoms with Crippen LogP contribution in [0.1, 0.15) is 25.0 Å². The highest BCUT2D eigenvalue weighted by atomic mass is 15.1. The van der Waals surface area contributed by atoms with Gasteiger partial charge in [0.2, 0.25) is 0 Å². The first-order valence-electron chi connectivity index (χ1n) is 7.89. The Labute approximate surface area is 127 Å². The van der Waals surface area contributed by atoms with Gasteiger partial charge >= 0.3 is 0 Å². The van der Waals surface area contributed by atoms with Crippen LogP contribution < -0.4 is 11.1 Å². The van der Waals surface area contributed by atoms with Gasteiger partial charge in [-0.2, -0.15) is 0 Å². The van der Waals surface area contributed by atoms with Gasteiger partial charge in [-0.05, 0) is 28.5 Å². The molecule has 0 aliphatic carbocycles. The van der Waals surface area contributed by atoms with Gasteiger partial charge in [0.15, 0.2) is 0 Å². The molecule has 3 rings (SSSR count). The topological polar surface area (TPSA) is 41.3 Å². The van der Waals surface area contributed by atoms with Crippen molar-refractivity contribution in [2.75, 3.05) is 25.0 Å². The van der Waals surface area contributed by atoms with E-state index in [-0.39, 0.29) is 0 Å². The van der Waals surface area contributed by atoms with Crippen LogP contribution in [0.4, 0.5) is 5.69 Å². The van der Waals surface area contributed by atoms with Gasteiger partial charge in [-0.15, -0.1) is 0 Å². The molecule has 21 heavy (non-hydrogen) atoms. The maximum atomic E-state index is 5.61. The second-order valence-electron chi connectivity index (χ2n) is 6.39. The fraction of sp³-hybridized carbons (Fsp3) is 0.444. The molecule has 0 radical (unpaired) electrons. The zero-order valence-corrected chi connectivity index (χ0v) is 13.0. The molecule has 3 nitrogen and oxygen atoms in total. The first-order chi connectivity index (χ1) is 10.2. The van der Waals surface area contributed by atoms with E-state index < -0.39 is 0 Å². The summed E-state index contributed by atoms with van der Waals surface area (Å²) in [4.78, 5) is 2.55. The SMILES string of the molecule is CC(C)CN1Cc2cccc3c(NCCN)ccc(c23)C1. The van der Waals surface area contributed by atoms with Crippen LogP contribution in [0.25, 0.3) is 10.8 Å². The Hall–Kier alpha value is -1.58. The Bertz CT molecular complexity index is 621. The van der Waals surface area contributed by atoms with Crippen molar-refractivity contribution in [1.82, 2.24) is 4.90 Å². The third-order valence-corrected chi connectivity index (χ3v) is 4.08. The van der Waals surface area contributed by atoms with E-state index in [4.69, 9.17) is 5.73 Å². The van der Waals surface area contributed by atoms with Crippen molar-refractivity contribution in [3.05, 3.63) is 41.5 Å². The number of nitrogens with zero attached hydrogens (tertiary/aromatic N) is 1. The van der Waals surface area contributed by atoms with Crippen LogP contribution in [0.3, 0.4) is 0 Å². The average molecular weight is 283 g/mol. The molecule has 112 valence electrons. The lowest BCUT2D eigenvalue weighted by Crippen LogP contribution is -2.30. The minimum atomic E-state index is 0.658. The molecule has 0 saturated carbocycles. The van der Waals surface area contributed by atoms with Crippen LogP contribution in [0, 0.1) is 5.92 Å². The third kappa shape index (κ3) is 2.89. The molecule has 0 atom stereocenters. The first kappa shape index (κ1) is 14.4. The second kappa shape index (κ2) is 6.04. The summed E-state index contributed by atoms with van der Waals surface area (Å²) in [6.07, 6.45) is 0. The predicted octanol–water partition coefficient (Wildman–Crippen LogP) is 3.18. The molecule has 0 bridgehead atoms. The summed E-state index contributed by atoms with van der Waals surface area (Å²) in [7, 11) is 0. The maximum Gasteiger partial charge on any atom is 0.0420 e. The summed E-state index contributed by atoms with van der Waals surface area (Å²) in [6.45, 7) is 9.32. The molecular weight excluding hydrogens is 258 g/mol. The van der Waals surface area contributed by atoms with Gasteiger partial charge in [-0.25, -0.2) is 0 Å². The molecule has 0 spiro atoms. The molecule has 0 unspecified atom stereocenters. The number of nitrogens with one attached hydrogen (secondary N) is 1. The number of hydrogen-bond acceptors (Lipinski definition) is 3. The minimum absolute atomic E-state index is 0.658. The monoisotopic (exact) mass is 283 g/mol. The van der Waals surface area contributed by atoms with Gasteiger partial charge in [-0.3, -0.25) is 4.90 Å². The number of rotatable bonds is 5. The Morgan fingerprint density at radius 3 is 2.62 bits per heavy atom. The summed E-state index contributed by atoms with van der Waals surface area (Å²) in [5, 5.41) is 6.22. The van der Waals surface area contributed by atoms with E-state index in [1.165, 1.54) is 27.6 Å². The summed E-state index contributed by atoms with van der Waals surface area (Å²) in [6, 6.07) is 11.1. The third-order valence-electron chi connectivity index (χ3n) is 4.08. The van der Waals surface area contributed by atoms with E-state index in [0.29, 0.717) is 12.5 Å². The molecular formula is C18H25N3. The van der Waals surface area contributed by atoms with Crippen molar-refractivity contribution in [3.63, 3.8) is 0 Å². The van der Waals surface area contributed by atoms with E-state index in [1.54, 1.807) is 0 Å². The summed E-state index contributed by atoms with van der Waals surface area (Å²) in [5.74, 6) is 0.705. The molecule has 2 aromatic carbocycles. The second-order valence-corrected chi connectivity index (χ2v) is 6.39. The zero-order valence-electron chi connectivity index (χ0n) is 13.0. The number of anilines is 1. The highest BCUT2D eigenvalue weighted by molar-refractivity contribution is 5.98. The van der Waals surface area contributed by atoms with Gasteiger partial charge in [-0.1, -0.05) is 38.1 Å². The molecule has 1 aliphatic rings. The molecule has 1 heterocycles. The van der Waals surface area contributed by atoms with Crippen molar-refractivity contribution in [2.45, 2.75) is 26.9 Å². The lowest BCUT2D eigenvalue weighted by molar-refractivity contribution is 0.224. The summed E-state index contributed by atoms with van der Waals surface area (Å²) >= 11 is 0. The van der Waals surface area contributed by atoms with Crippen molar-refractivity contribution in [3.8, 4) is 0 Å². The van der Waals surface area contributed by atoms with Gasteiger partial charge < -0.3 is 11.1 Å². The lowest BCUT2D eigenvalue weighted by Gasteiger charge is -2.31. The van der Waals surface area contributed by atoms with E-state index in [2.05, 4.69) is 54.4 Å². The normalized spacial score (nSPS) is 14.9. The van der Waals surface area contributed by atoms with Crippen LogP contribution >= 0.6 is 0 Å². The molecule has 3 N–H and O–H groups in total. The van der Waals surface area contributed by atoms with Crippen LogP contribution in [0.15, 0.2) is 30.3 Å². The Morgan fingerprint density at radius 1 is 1.14 bits per heavy atom. The van der Waals surface area contributed by atoms with Crippen LogP contribution in [0.2, 0.25) is 0 Å². The van der Waals surface area contributed by atoms with Crippen molar-refractivity contribution >= 4 is 16.5 Å². The fourth-order valence-corrected chi connectivity index (χ4v) is 3.37. The highest BCUT2D eigenvalue weighted by Crippen LogP contribution is 2.34. The Morgan fingerprint density at radius 2 is 1.90 bits per heavy atom.